The molecular formula is C15H20N6O2S. The third kappa shape index (κ3) is 4.18. The van der Waals surface area contributed by atoms with Crippen molar-refractivity contribution in [1.29, 1.82) is 0 Å². The average molecular weight is 348 g/mol. The molecule has 8 nitrogen and oxygen atoms in total. The smallest absolute Gasteiger partial charge is 0.322 e. The Hall–Kier alpha value is -2.26. The fourth-order valence-electron chi connectivity index (χ4n) is 2.55. The van der Waals surface area contributed by atoms with Crippen molar-refractivity contribution < 1.29 is 4.79 Å². The van der Waals surface area contributed by atoms with Gasteiger partial charge in [-0.05, 0) is 13.0 Å². The molecule has 0 atom stereocenters. The maximum Gasteiger partial charge on any atom is 0.323 e. The summed E-state index contributed by atoms with van der Waals surface area (Å²) in [5, 5.41) is 7.52. The molecule has 0 aromatic carbocycles. The van der Waals surface area contributed by atoms with Gasteiger partial charge < -0.3 is 4.90 Å². The molecule has 2 aromatic rings. The number of aryl methyl sites for hydroxylation is 1. The molecule has 3 rings (SSSR count). The molecule has 0 aliphatic carbocycles. The van der Waals surface area contributed by atoms with Gasteiger partial charge in [0.05, 0.1) is 6.54 Å². The van der Waals surface area contributed by atoms with Gasteiger partial charge in [-0.2, -0.15) is 5.10 Å². The molecule has 1 aliphatic rings. The molecule has 0 saturated carbocycles. The van der Waals surface area contributed by atoms with E-state index in [0.717, 1.165) is 24.5 Å². The Bertz CT molecular complexity index is 750. The van der Waals surface area contributed by atoms with Gasteiger partial charge in [-0.1, -0.05) is 0 Å². The lowest BCUT2D eigenvalue weighted by atomic mass is 10.3. The van der Waals surface area contributed by atoms with Crippen LogP contribution in [0.15, 0.2) is 29.3 Å². The van der Waals surface area contributed by atoms with E-state index in [0.29, 0.717) is 24.8 Å². The Labute approximate surface area is 143 Å². The summed E-state index contributed by atoms with van der Waals surface area (Å²) in [6, 6.07) is 3.04. The number of anilines is 1. The summed E-state index contributed by atoms with van der Waals surface area (Å²) in [6.07, 6.45) is 3.36. The van der Waals surface area contributed by atoms with Crippen LogP contribution in [0.3, 0.4) is 0 Å². The number of piperazine rings is 1. The fraction of sp³-hybridized carbons (Fsp3) is 0.467. The summed E-state index contributed by atoms with van der Waals surface area (Å²) in [7, 11) is 0. The second kappa shape index (κ2) is 7.54. The van der Waals surface area contributed by atoms with Gasteiger partial charge >= 0.3 is 6.03 Å². The van der Waals surface area contributed by atoms with Gasteiger partial charge in [0.15, 0.2) is 5.13 Å². The van der Waals surface area contributed by atoms with Gasteiger partial charge in [0.1, 0.15) is 0 Å². The highest BCUT2D eigenvalue weighted by atomic mass is 32.1. The Balaban J connectivity index is 1.44. The summed E-state index contributed by atoms with van der Waals surface area (Å²) < 4.78 is 1.46. The number of thiazole rings is 1. The van der Waals surface area contributed by atoms with Crippen LogP contribution in [0, 0.1) is 6.92 Å². The number of carbonyl (C=O) groups excluding carboxylic acids is 1. The first-order chi connectivity index (χ1) is 11.6. The van der Waals surface area contributed by atoms with Crippen LogP contribution in [-0.4, -0.2) is 63.3 Å². The SMILES string of the molecule is Cc1cnc(NC(=O)N2CCN(CCn3ncccc3=O)CC2)s1. The average Bonchev–Trinajstić information content (AvgIpc) is 2.99. The predicted octanol–water partition coefficient (Wildman–Crippen LogP) is 0.858. The number of carbonyl (C=O) groups is 1. The Kier molecular flexibility index (Phi) is 5.21. The molecule has 2 aromatic heterocycles. The van der Waals surface area contributed by atoms with Gasteiger partial charge in [-0.3, -0.25) is 15.0 Å². The monoisotopic (exact) mass is 348 g/mol. The van der Waals surface area contributed by atoms with E-state index in [2.05, 4.69) is 20.3 Å². The lowest BCUT2D eigenvalue weighted by Gasteiger charge is -2.34. The number of rotatable bonds is 4. The van der Waals surface area contributed by atoms with Crippen molar-refractivity contribution in [3.05, 3.63) is 39.8 Å². The third-order valence-electron chi connectivity index (χ3n) is 3.91. The molecule has 1 saturated heterocycles. The lowest BCUT2D eigenvalue weighted by Crippen LogP contribution is -2.50. The molecule has 2 amide bonds. The van der Waals surface area contributed by atoms with Gasteiger partial charge in [-0.25, -0.2) is 14.5 Å². The summed E-state index contributed by atoms with van der Waals surface area (Å²) in [5.41, 5.74) is -0.0887. The zero-order valence-electron chi connectivity index (χ0n) is 13.5. The van der Waals surface area contributed by atoms with Crippen molar-refractivity contribution in [2.45, 2.75) is 13.5 Å². The molecule has 128 valence electrons. The molecule has 0 spiro atoms. The van der Waals surface area contributed by atoms with Crippen LogP contribution in [0.4, 0.5) is 9.93 Å². The quantitative estimate of drug-likeness (QED) is 0.886. The predicted molar refractivity (Wildman–Crippen MR) is 92.4 cm³/mol. The van der Waals surface area contributed by atoms with E-state index in [9.17, 15) is 9.59 Å². The summed E-state index contributed by atoms with van der Waals surface area (Å²) in [6.45, 7) is 6.15. The van der Waals surface area contributed by atoms with Crippen LogP contribution in [0.25, 0.3) is 0 Å². The minimum absolute atomic E-state index is 0.0887. The van der Waals surface area contributed by atoms with E-state index in [4.69, 9.17) is 0 Å². The Morgan fingerprint density at radius 1 is 1.29 bits per heavy atom. The third-order valence-corrected chi connectivity index (χ3v) is 4.74. The van der Waals surface area contributed by atoms with Crippen molar-refractivity contribution in [2.75, 3.05) is 38.0 Å². The van der Waals surface area contributed by atoms with E-state index in [1.165, 1.54) is 22.1 Å². The van der Waals surface area contributed by atoms with Crippen molar-refractivity contribution in [1.82, 2.24) is 24.6 Å². The maximum atomic E-state index is 12.2. The second-order valence-electron chi connectivity index (χ2n) is 5.62. The molecule has 0 bridgehead atoms. The summed E-state index contributed by atoms with van der Waals surface area (Å²) >= 11 is 1.47. The molecule has 1 aliphatic heterocycles. The Morgan fingerprint density at radius 2 is 2.08 bits per heavy atom. The lowest BCUT2D eigenvalue weighted by molar-refractivity contribution is 0.143. The highest BCUT2D eigenvalue weighted by Gasteiger charge is 2.21. The normalized spacial score (nSPS) is 15.5. The molecule has 9 heteroatoms. The topological polar surface area (TPSA) is 83.4 Å². The minimum atomic E-state index is -0.107. The van der Waals surface area contributed by atoms with Crippen LogP contribution < -0.4 is 10.9 Å². The number of urea groups is 1. The molecule has 0 radical (unpaired) electrons. The zero-order valence-corrected chi connectivity index (χ0v) is 14.3. The van der Waals surface area contributed by atoms with E-state index in [1.54, 1.807) is 23.4 Å². The zero-order chi connectivity index (χ0) is 16.9. The van der Waals surface area contributed by atoms with Crippen LogP contribution >= 0.6 is 11.3 Å². The molecule has 0 unspecified atom stereocenters. The largest absolute Gasteiger partial charge is 0.323 e. The number of nitrogens with one attached hydrogen (secondary N) is 1. The van der Waals surface area contributed by atoms with Crippen molar-refractivity contribution >= 4 is 22.5 Å². The molecular weight excluding hydrogens is 328 g/mol. The van der Waals surface area contributed by atoms with Crippen LogP contribution in [0.2, 0.25) is 0 Å². The maximum absolute atomic E-state index is 12.2. The van der Waals surface area contributed by atoms with Crippen molar-refractivity contribution in [2.24, 2.45) is 0 Å². The van der Waals surface area contributed by atoms with E-state index < -0.39 is 0 Å². The van der Waals surface area contributed by atoms with Gasteiger partial charge in [-0.15, -0.1) is 11.3 Å². The molecule has 1 fully saturated rings. The second-order valence-corrected chi connectivity index (χ2v) is 6.85. The van der Waals surface area contributed by atoms with Crippen LogP contribution in [0.5, 0.6) is 0 Å². The standard InChI is InChI=1S/C15H20N6O2S/c1-12-11-16-14(24-12)18-15(23)20-8-5-19(6-9-20)7-10-21-13(22)3-2-4-17-21/h2-4,11H,5-10H2,1H3,(H,16,18,23). The molecule has 24 heavy (non-hydrogen) atoms. The highest BCUT2D eigenvalue weighted by Crippen LogP contribution is 2.17. The first-order valence-corrected chi connectivity index (χ1v) is 8.66. The molecule has 1 N–H and O–H groups in total. The highest BCUT2D eigenvalue weighted by molar-refractivity contribution is 7.15. The van der Waals surface area contributed by atoms with Gasteiger partial charge in [0, 0.05) is 56.1 Å². The number of amides is 2. The first-order valence-electron chi connectivity index (χ1n) is 7.85. The number of aromatic nitrogens is 3. The first kappa shape index (κ1) is 16.6. The van der Waals surface area contributed by atoms with E-state index in [-0.39, 0.29) is 11.6 Å². The Morgan fingerprint density at radius 3 is 2.75 bits per heavy atom. The van der Waals surface area contributed by atoms with Crippen molar-refractivity contribution in [3.63, 3.8) is 0 Å². The fourth-order valence-corrected chi connectivity index (χ4v) is 3.20. The van der Waals surface area contributed by atoms with Gasteiger partial charge in [0.2, 0.25) is 0 Å². The summed E-state index contributed by atoms with van der Waals surface area (Å²) in [4.78, 5) is 33.1. The van der Waals surface area contributed by atoms with E-state index >= 15 is 0 Å². The van der Waals surface area contributed by atoms with E-state index in [1.807, 2.05) is 6.92 Å². The number of hydrogen-bond donors (Lipinski definition) is 1. The minimum Gasteiger partial charge on any atom is -0.322 e. The number of nitrogens with zero attached hydrogens (tertiary/aromatic N) is 5. The number of hydrogen-bond acceptors (Lipinski definition) is 6. The van der Waals surface area contributed by atoms with Crippen LogP contribution in [-0.2, 0) is 6.54 Å². The van der Waals surface area contributed by atoms with Crippen LogP contribution in [0.1, 0.15) is 4.88 Å². The van der Waals surface area contributed by atoms with Gasteiger partial charge in [0.25, 0.3) is 5.56 Å². The summed E-state index contributed by atoms with van der Waals surface area (Å²) in [5.74, 6) is 0. The molecule has 3 heterocycles. The van der Waals surface area contributed by atoms with Crippen molar-refractivity contribution in [3.8, 4) is 0 Å².